The monoisotopic (exact) mass is 528 g/mol. The van der Waals surface area contributed by atoms with Crippen LogP contribution in [-0.2, 0) is 36.3 Å². The van der Waals surface area contributed by atoms with Gasteiger partial charge in [0, 0.05) is 25.6 Å². The molecule has 1 aliphatic heterocycles. The maximum Gasteiger partial charge on any atom is 0.421 e. The zero-order valence-electron chi connectivity index (χ0n) is 20.1. The van der Waals surface area contributed by atoms with Gasteiger partial charge < -0.3 is 20.1 Å². The molecule has 0 fully saturated rings. The highest BCUT2D eigenvalue weighted by molar-refractivity contribution is 7.90. The van der Waals surface area contributed by atoms with E-state index in [2.05, 4.69) is 5.32 Å². The summed E-state index contributed by atoms with van der Waals surface area (Å²) in [6.45, 7) is 2.34. The molecule has 0 spiro atoms. The number of anilines is 1. The highest BCUT2D eigenvalue weighted by Crippen LogP contribution is 2.39. The summed E-state index contributed by atoms with van der Waals surface area (Å²) in [5.74, 6) is -1.11. The zero-order valence-corrected chi connectivity index (χ0v) is 20.9. The van der Waals surface area contributed by atoms with Crippen LogP contribution in [0.4, 0.5) is 18.9 Å². The summed E-state index contributed by atoms with van der Waals surface area (Å²) in [4.78, 5) is 27.8. The molecule has 196 valence electrons. The van der Waals surface area contributed by atoms with Crippen molar-refractivity contribution < 1.29 is 41.0 Å². The molecule has 2 N–H and O–H groups in total. The van der Waals surface area contributed by atoms with E-state index >= 15 is 0 Å². The molecule has 0 saturated heterocycles. The molecule has 3 unspecified atom stereocenters. The summed E-state index contributed by atoms with van der Waals surface area (Å²) < 4.78 is 68.6. The second kappa shape index (κ2) is 9.83. The lowest BCUT2D eigenvalue weighted by Crippen LogP contribution is -2.42. The molecule has 2 amide bonds. The Morgan fingerprint density at radius 3 is 2.31 bits per heavy atom. The number of nitrogens with one attached hydrogen (secondary N) is 1. The van der Waals surface area contributed by atoms with Crippen molar-refractivity contribution in [3.63, 3.8) is 0 Å². The largest absolute Gasteiger partial charge is 0.421 e. The van der Waals surface area contributed by atoms with Gasteiger partial charge in [-0.3, -0.25) is 9.59 Å². The number of methoxy groups -OCH3 is 1. The Labute approximate surface area is 207 Å². The second-order valence-corrected chi connectivity index (χ2v) is 10.8. The van der Waals surface area contributed by atoms with Crippen LogP contribution in [-0.4, -0.2) is 55.9 Å². The van der Waals surface area contributed by atoms with E-state index in [9.17, 15) is 36.3 Å². The number of carbonyl (C=O) groups excluding carboxylic acids is 2. The van der Waals surface area contributed by atoms with E-state index in [0.717, 1.165) is 18.4 Å². The fourth-order valence-electron chi connectivity index (χ4n) is 4.03. The van der Waals surface area contributed by atoms with Gasteiger partial charge in [0.05, 0.1) is 4.90 Å². The number of rotatable bonds is 7. The second-order valence-electron chi connectivity index (χ2n) is 8.77. The molecular formula is C24H27F3N2O6S. The van der Waals surface area contributed by atoms with Crippen molar-refractivity contribution in [3.8, 4) is 0 Å². The van der Waals surface area contributed by atoms with Crippen molar-refractivity contribution in [1.29, 1.82) is 0 Å². The summed E-state index contributed by atoms with van der Waals surface area (Å²) >= 11 is 0. The van der Waals surface area contributed by atoms with E-state index < -0.39 is 51.1 Å². The lowest BCUT2D eigenvalue weighted by Gasteiger charge is -2.28. The van der Waals surface area contributed by atoms with Crippen LogP contribution in [0.5, 0.6) is 0 Å². The molecule has 3 atom stereocenters. The quantitative estimate of drug-likeness (QED) is 0.570. The maximum atomic E-state index is 13.3. The number of aliphatic hydroxyl groups is 1. The highest BCUT2D eigenvalue weighted by atomic mass is 32.2. The molecule has 36 heavy (non-hydrogen) atoms. The van der Waals surface area contributed by atoms with Gasteiger partial charge in [-0.1, -0.05) is 25.1 Å². The first-order valence-corrected chi connectivity index (χ1v) is 12.9. The van der Waals surface area contributed by atoms with Crippen molar-refractivity contribution >= 4 is 27.3 Å². The molecule has 1 heterocycles. The van der Waals surface area contributed by atoms with E-state index in [-0.39, 0.29) is 17.1 Å². The van der Waals surface area contributed by atoms with Gasteiger partial charge in [0.15, 0.2) is 15.4 Å². The van der Waals surface area contributed by atoms with Crippen LogP contribution in [0.3, 0.4) is 0 Å². The molecule has 1 aliphatic rings. The lowest BCUT2D eigenvalue weighted by atomic mass is 9.95. The number of nitrogens with zero attached hydrogens (tertiary/aromatic N) is 1. The summed E-state index contributed by atoms with van der Waals surface area (Å²) in [6.07, 6.45) is -4.33. The minimum atomic E-state index is -4.89. The van der Waals surface area contributed by atoms with Crippen LogP contribution in [0.1, 0.15) is 43.0 Å². The first-order chi connectivity index (χ1) is 16.6. The number of hydrogen-bond donors (Lipinski definition) is 2. The smallest absolute Gasteiger partial charge is 0.376 e. The number of ether oxygens (including phenoxy) is 1. The maximum absolute atomic E-state index is 13.3. The van der Waals surface area contributed by atoms with Gasteiger partial charge in [0.1, 0.15) is 12.1 Å². The first kappa shape index (κ1) is 27.6. The molecule has 0 radical (unpaired) electrons. The molecular weight excluding hydrogens is 501 g/mol. The molecule has 0 aromatic heterocycles. The zero-order chi connectivity index (χ0) is 27.1. The third-order valence-corrected chi connectivity index (χ3v) is 7.33. The highest BCUT2D eigenvalue weighted by Gasteiger charge is 2.51. The molecule has 0 bridgehead atoms. The molecule has 2 aromatic carbocycles. The van der Waals surface area contributed by atoms with E-state index in [0.29, 0.717) is 24.5 Å². The van der Waals surface area contributed by atoms with Crippen LogP contribution in [0.2, 0.25) is 0 Å². The van der Waals surface area contributed by atoms with Gasteiger partial charge in [-0.05, 0) is 54.3 Å². The van der Waals surface area contributed by atoms with Gasteiger partial charge in [-0.25, -0.2) is 8.42 Å². The minimum absolute atomic E-state index is 0.0249. The summed E-state index contributed by atoms with van der Waals surface area (Å²) in [6, 6.07) is 7.64. The standard InChI is InChI=1S/C24H27F3N2O6S/c1-5-19(35-3)22(31)29-13-14-12-17(36(4,33)34)10-11-18(14)20(29)21(30)28-16-8-6-15(7-9-16)23(2,32)24(25,26)27/h6-12,19-20,32H,5,13H2,1-4H3,(H,28,30). The van der Waals surface area contributed by atoms with Gasteiger partial charge in [-0.2, -0.15) is 13.2 Å². The van der Waals surface area contributed by atoms with Gasteiger partial charge in [-0.15, -0.1) is 0 Å². The summed E-state index contributed by atoms with van der Waals surface area (Å²) in [5.41, 5.74) is -2.43. The fourth-order valence-corrected chi connectivity index (χ4v) is 4.70. The Bertz CT molecular complexity index is 1260. The number of fused-ring (bicyclic) bond motifs is 1. The molecule has 8 nitrogen and oxygen atoms in total. The summed E-state index contributed by atoms with van der Waals surface area (Å²) in [7, 11) is -2.17. The Balaban J connectivity index is 1.95. The van der Waals surface area contributed by atoms with Crippen molar-refractivity contribution in [1.82, 2.24) is 4.90 Å². The number of benzene rings is 2. The van der Waals surface area contributed by atoms with Crippen molar-refractivity contribution in [2.24, 2.45) is 0 Å². The average Bonchev–Trinajstić information content (AvgIpc) is 3.18. The van der Waals surface area contributed by atoms with Crippen molar-refractivity contribution in [2.75, 3.05) is 18.7 Å². The Morgan fingerprint density at radius 1 is 1.19 bits per heavy atom. The number of halogens is 3. The van der Waals surface area contributed by atoms with E-state index in [4.69, 9.17) is 4.74 Å². The van der Waals surface area contributed by atoms with Crippen molar-refractivity contribution in [3.05, 3.63) is 59.2 Å². The predicted octanol–water partition coefficient (Wildman–Crippen LogP) is 3.31. The fraction of sp³-hybridized carbons (Fsp3) is 0.417. The SMILES string of the molecule is CCC(OC)C(=O)N1Cc2cc(S(C)(=O)=O)ccc2C1C(=O)Nc1ccc(C(C)(O)C(F)(F)F)cc1. The topological polar surface area (TPSA) is 113 Å². The number of carbonyl (C=O) groups is 2. The van der Waals surface area contributed by atoms with Gasteiger partial charge >= 0.3 is 6.18 Å². The van der Waals surface area contributed by atoms with Gasteiger partial charge in [0.25, 0.3) is 11.8 Å². The number of hydrogen-bond acceptors (Lipinski definition) is 6. The number of sulfone groups is 1. The van der Waals surface area contributed by atoms with Crippen LogP contribution in [0.15, 0.2) is 47.4 Å². The van der Waals surface area contributed by atoms with E-state index in [1.807, 2.05) is 0 Å². The van der Waals surface area contributed by atoms with Gasteiger partial charge in [0.2, 0.25) is 0 Å². The molecule has 0 aliphatic carbocycles. The lowest BCUT2D eigenvalue weighted by molar-refractivity contribution is -0.258. The Hall–Kier alpha value is -2.96. The van der Waals surface area contributed by atoms with Crippen LogP contribution >= 0.6 is 0 Å². The Kier molecular flexibility index (Phi) is 7.54. The third-order valence-electron chi connectivity index (χ3n) is 6.22. The third kappa shape index (κ3) is 5.25. The van der Waals surface area contributed by atoms with Crippen LogP contribution in [0.25, 0.3) is 0 Å². The van der Waals surface area contributed by atoms with Crippen LogP contribution in [0, 0.1) is 0 Å². The number of alkyl halides is 3. The number of amides is 2. The Morgan fingerprint density at radius 2 is 1.81 bits per heavy atom. The van der Waals surface area contributed by atoms with Crippen LogP contribution < -0.4 is 5.32 Å². The normalized spacial score (nSPS) is 18.3. The van der Waals surface area contributed by atoms with E-state index in [1.54, 1.807) is 6.92 Å². The summed E-state index contributed by atoms with van der Waals surface area (Å²) in [5, 5.41) is 12.4. The minimum Gasteiger partial charge on any atom is -0.376 e. The molecule has 3 rings (SSSR count). The molecule has 0 saturated carbocycles. The first-order valence-electron chi connectivity index (χ1n) is 11.0. The molecule has 2 aromatic rings. The van der Waals surface area contributed by atoms with Crippen molar-refractivity contribution in [2.45, 2.75) is 55.6 Å². The van der Waals surface area contributed by atoms with E-state index in [1.165, 1.54) is 42.3 Å². The average molecular weight is 529 g/mol. The predicted molar refractivity (Wildman–Crippen MR) is 125 cm³/mol. The molecule has 12 heteroatoms.